The number of amides is 1. The van der Waals surface area contributed by atoms with E-state index in [2.05, 4.69) is 10.3 Å². The van der Waals surface area contributed by atoms with E-state index in [-0.39, 0.29) is 5.91 Å². The van der Waals surface area contributed by atoms with Crippen LogP contribution in [-0.2, 0) is 16.1 Å². The number of esters is 1. The molecule has 0 N–H and O–H groups in total. The third-order valence-electron chi connectivity index (χ3n) is 4.68. The molecular weight excluding hydrogens is 356 g/mol. The average Bonchev–Trinajstić information content (AvgIpc) is 3.15. The van der Waals surface area contributed by atoms with Crippen molar-refractivity contribution in [2.75, 3.05) is 13.1 Å². The van der Waals surface area contributed by atoms with Crippen molar-refractivity contribution in [3.05, 3.63) is 59.7 Å². The van der Waals surface area contributed by atoms with Crippen LogP contribution in [0.1, 0.15) is 42.8 Å². The molecule has 1 aromatic heterocycles. The molecule has 0 aliphatic carbocycles. The maximum absolute atomic E-state index is 13.0. The SMILES string of the molecule is CCN(CC)C(=O)C(OC(=O)c1ccc2c(c1)nnn2CC)c1ccccc1. The van der Waals surface area contributed by atoms with Gasteiger partial charge in [0.2, 0.25) is 6.10 Å². The molecule has 0 saturated carbocycles. The number of hydrogen-bond acceptors (Lipinski definition) is 5. The molecule has 0 spiro atoms. The summed E-state index contributed by atoms with van der Waals surface area (Å²) in [4.78, 5) is 27.4. The number of carbonyl (C=O) groups is 2. The fraction of sp³-hybridized carbons (Fsp3) is 0.333. The molecule has 2 aromatic carbocycles. The van der Waals surface area contributed by atoms with Crippen LogP contribution in [0.4, 0.5) is 0 Å². The maximum Gasteiger partial charge on any atom is 0.339 e. The minimum Gasteiger partial charge on any atom is -0.444 e. The number of fused-ring (bicyclic) bond motifs is 1. The first kappa shape index (κ1) is 19.5. The smallest absolute Gasteiger partial charge is 0.339 e. The maximum atomic E-state index is 13.0. The van der Waals surface area contributed by atoms with Crippen molar-refractivity contribution < 1.29 is 14.3 Å². The number of aryl methyl sites for hydroxylation is 1. The lowest BCUT2D eigenvalue weighted by molar-refractivity contribution is -0.140. The van der Waals surface area contributed by atoms with Gasteiger partial charge in [-0.1, -0.05) is 35.5 Å². The summed E-state index contributed by atoms with van der Waals surface area (Å²) < 4.78 is 7.42. The average molecular weight is 380 g/mol. The van der Waals surface area contributed by atoms with Crippen molar-refractivity contribution in [2.24, 2.45) is 0 Å². The van der Waals surface area contributed by atoms with Crippen molar-refractivity contribution in [1.29, 1.82) is 0 Å². The Morgan fingerprint density at radius 1 is 1.07 bits per heavy atom. The van der Waals surface area contributed by atoms with Crippen LogP contribution < -0.4 is 0 Å². The van der Waals surface area contributed by atoms with Crippen LogP contribution in [0.15, 0.2) is 48.5 Å². The van der Waals surface area contributed by atoms with Gasteiger partial charge in [0.25, 0.3) is 5.91 Å². The van der Waals surface area contributed by atoms with Gasteiger partial charge < -0.3 is 9.64 Å². The number of rotatable bonds is 7. The molecule has 1 unspecified atom stereocenters. The Morgan fingerprint density at radius 2 is 1.79 bits per heavy atom. The topological polar surface area (TPSA) is 77.3 Å². The Kier molecular flexibility index (Phi) is 6.03. The molecule has 7 heteroatoms. The second-order valence-electron chi connectivity index (χ2n) is 6.32. The number of aromatic nitrogens is 3. The van der Waals surface area contributed by atoms with E-state index >= 15 is 0 Å². The molecule has 0 radical (unpaired) electrons. The third-order valence-corrected chi connectivity index (χ3v) is 4.68. The van der Waals surface area contributed by atoms with Crippen molar-refractivity contribution in [3.63, 3.8) is 0 Å². The van der Waals surface area contributed by atoms with Crippen LogP contribution in [0, 0.1) is 0 Å². The van der Waals surface area contributed by atoms with Gasteiger partial charge in [0.15, 0.2) is 0 Å². The lowest BCUT2D eigenvalue weighted by Gasteiger charge is -2.25. The molecule has 3 rings (SSSR count). The fourth-order valence-corrected chi connectivity index (χ4v) is 3.10. The lowest BCUT2D eigenvalue weighted by atomic mass is 10.1. The van der Waals surface area contributed by atoms with E-state index in [0.29, 0.717) is 36.3 Å². The molecule has 146 valence electrons. The summed E-state index contributed by atoms with van der Waals surface area (Å²) in [6, 6.07) is 14.2. The van der Waals surface area contributed by atoms with Gasteiger partial charge in [0.05, 0.1) is 11.1 Å². The Morgan fingerprint density at radius 3 is 2.43 bits per heavy atom. The molecule has 3 aromatic rings. The van der Waals surface area contributed by atoms with Crippen LogP contribution in [0.25, 0.3) is 11.0 Å². The van der Waals surface area contributed by atoms with Gasteiger partial charge in [-0.3, -0.25) is 4.79 Å². The second-order valence-corrected chi connectivity index (χ2v) is 6.32. The minimum atomic E-state index is -0.990. The van der Waals surface area contributed by atoms with Gasteiger partial charge in [-0.15, -0.1) is 5.10 Å². The monoisotopic (exact) mass is 380 g/mol. The molecule has 1 heterocycles. The molecule has 7 nitrogen and oxygen atoms in total. The summed E-state index contributed by atoms with van der Waals surface area (Å²) >= 11 is 0. The van der Waals surface area contributed by atoms with Crippen molar-refractivity contribution >= 4 is 22.9 Å². The molecule has 0 fully saturated rings. The molecule has 1 amide bonds. The van der Waals surface area contributed by atoms with E-state index in [4.69, 9.17) is 4.74 Å². The summed E-state index contributed by atoms with van der Waals surface area (Å²) in [5.74, 6) is -0.801. The van der Waals surface area contributed by atoms with Gasteiger partial charge in [0, 0.05) is 25.2 Å². The molecule has 0 bridgehead atoms. The summed E-state index contributed by atoms with van der Waals surface area (Å²) in [7, 11) is 0. The van der Waals surface area contributed by atoms with Crippen LogP contribution in [0.5, 0.6) is 0 Å². The molecule has 0 aliphatic heterocycles. The van der Waals surface area contributed by atoms with Gasteiger partial charge in [-0.05, 0) is 39.0 Å². The van der Waals surface area contributed by atoms with E-state index in [1.54, 1.807) is 39.9 Å². The number of nitrogens with zero attached hydrogens (tertiary/aromatic N) is 4. The van der Waals surface area contributed by atoms with E-state index in [0.717, 1.165) is 5.52 Å². The summed E-state index contributed by atoms with van der Waals surface area (Å²) in [6.07, 6.45) is -0.990. The quantitative estimate of drug-likeness (QED) is 0.588. The van der Waals surface area contributed by atoms with Crippen LogP contribution >= 0.6 is 0 Å². The first-order chi connectivity index (χ1) is 13.6. The highest BCUT2D eigenvalue weighted by Gasteiger charge is 2.29. The van der Waals surface area contributed by atoms with E-state index < -0.39 is 12.1 Å². The molecule has 1 atom stereocenters. The highest BCUT2D eigenvalue weighted by molar-refractivity contribution is 5.95. The largest absolute Gasteiger partial charge is 0.444 e. The first-order valence-corrected chi connectivity index (χ1v) is 9.46. The second kappa shape index (κ2) is 8.65. The van der Waals surface area contributed by atoms with Crippen LogP contribution in [0.3, 0.4) is 0 Å². The summed E-state index contributed by atoms with van der Waals surface area (Å²) in [5.41, 5.74) is 2.44. The minimum absolute atomic E-state index is 0.234. The number of hydrogen-bond donors (Lipinski definition) is 0. The first-order valence-electron chi connectivity index (χ1n) is 9.46. The van der Waals surface area contributed by atoms with E-state index in [1.807, 2.05) is 39.0 Å². The molecule has 0 saturated heterocycles. The van der Waals surface area contributed by atoms with Crippen LogP contribution in [-0.4, -0.2) is 44.9 Å². The van der Waals surface area contributed by atoms with Gasteiger partial charge in [-0.25, -0.2) is 9.48 Å². The number of carbonyl (C=O) groups excluding carboxylic acids is 2. The highest BCUT2D eigenvalue weighted by atomic mass is 16.5. The van der Waals surface area contributed by atoms with Crippen LogP contribution in [0.2, 0.25) is 0 Å². The number of ether oxygens (including phenoxy) is 1. The number of likely N-dealkylation sites (N-methyl/N-ethyl adjacent to an activating group) is 1. The van der Waals surface area contributed by atoms with Crippen molar-refractivity contribution in [3.8, 4) is 0 Å². The third kappa shape index (κ3) is 3.88. The Balaban J connectivity index is 1.89. The number of benzene rings is 2. The van der Waals surface area contributed by atoms with Gasteiger partial charge in [-0.2, -0.15) is 0 Å². The van der Waals surface area contributed by atoms with Gasteiger partial charge >= 0.3 is 5.97 Å². The summed E-state index contributed by atoms with van der Waals surface area (Å²) in [5, 5.41) is 8.14. The predicted molar refractivity (Wildman–Crippen MR) is 106 cm³/mol. The molecule has 0 aliphatic rings. The fourth-order valence-electron chi connectivity index (χ4n) is 3.10. The Hall–Kier alpha value is -3.22. The van der Waals surface area contributed by atoms with Gasteiger partial charge in [0.1, 0.15) is 5.52 Å². The molecule has 28 heavy (non-hydrogen) atoms. The predicted octanol–water partition coefficient (Wildman–Crippen LogP) is 3.22. The zero-order valence-corrected chi connectivity index (χ0v) is 16.3. The standard InChI is InChI=1S/C21H24N4O3/c1-4-24(5-2)20(26)19(15-10-8-7-9-11-15)28-21(27)16-12-13-18-17(14-16)22-23-25(18)6-3/h7-14,19H,4-6H2,1-3H3. The Labute approximate surface area is 163 Å². The van der Waals surface area contributed by atoms with Crippen molar-refractivity contribution in [1.82, 2.24) is 19.9 Å². The highest BCUT2D eigenvalue weighted by Crippen LogP contribution is 2.23. The van der Waals surface area contributed by atoms with E-state index in [9.17, 15) is 9.59 Å². The normalized spacial score (nSPS) is 12.0. The summed E-state index contributed by atoms with van der Waals surface area (Å²) in [6.45, 7) is 7.55. The Bertz CT molecular complexity index is 964. The zero-order chi connectivity index (χ0) is 20.1. The zero-order valence-electron chi connectivity index (χ0n) is 16.3. The molecular formula is C21H24N4O3. The van der Waals surface area contributed by atoms with Crippen molar-refractivity contribution in [2.45, 2.75) is 33.4 Å². The van der Waals surface area contributed by atoms with E-state index in [1.165, 1.54) is 0 Å². The lowest BCUT2D eigenvalue weighted by Crippen LogP contribution is -2.36.